The third-order valence-electron chi connectivity index (χ3n) is 4.85. The van der Waals surface area contributed by atoms with Crippen molar-refractivity contribution in [1.82, 2.24) is 5.32 Å². The average molecular weight is 283 g/mol. The highest BCUT2D eigenvalue weighted by Crippen LogP contribution is 2.45. The zero-order valence-electron chi connectivity index (χ0n) is 11.7. The number of benzene rings is 2. The fraction of sp³-hybridized carbons (Fsp3) is 0.333. The summed E-state index contributed by atoms with van der Waals surface area (Å²) in [6, 6.07) is 13.8. The average Bonchev–Trinajstić information content (AvgIpc) is 2.89. The maximum absolute atomic E-state index is 13.7. The minimum atomic E-state index is -0.187. The van der Waals surface area contributed by atoms with Gasteiger partial charge in [0, 0.05) is 18.0 Å². The molecule has 3 heteroatoms. The molecule has 3 atom stereocenters. The lowest BCUT2D eigenvalue weighted by Crippen LogP contribution is -2.28. The lowest BCUT2D eigenvalue weighted by Gasteiger charge is -2.20. The van der Waals surface area contributed by atoms with Gasteiger partial charge in [-0.3, -0.25) is 0 Å². The molecule has 1 aliphatic carbocycles. The van der Waals surface area contributed by atoms with E-state index in [0.29, 0.717) is 5.92 Å². The first-order valence-corrected chi connectivity index (χ1v) is 7.49. The summed E-state index contributed by atoms with van der Waals surface area (Å²) in [7, 11) is 0. The van der Waals surface area contributed by atoms with Crippen molar-refractivity contribution in [2.24, 2.45) is 0 Å². The van der Waals surface area contributed by atoms with Crippen molar-refractivity contribution in [2.75, 3.05) is 6.61 Å². The summed E-state index contributed by atoms with van der Waals surface area (Å²) in [4.78, 5) is 0. The second-order valence-corrected chi connectivity index (χ2v) is 6.08. The topological polar surface area (TPSA) is 32.3 Å². The predicted molar refractivity (Wildman–Crippen MR) is 79.8 cm³/mol. The van der Waals surface area contributed by atoms with E-state index in [-0.39, 0.29) is 24.5 Å². The van der Waals surface area contributed by atoms with E-state index in [4.69, 9.17) is 0 Å². The molecule has 21 heavy (non-hydrogen) atoms. The number of hydrogen-bond donors (Lipinski definition) is 2. The Bertz CT molecular complexity index is 685. The van der Waals surface area contributed by atoms with E-state index in [0.717, 1.165) is 18.4 Å². The van der Waals surface area contributed by atoms with Crippen LogP contribution in [0.2, 0.25) is 0 Å². The normalized spacial score (nSPS) is 26.7. The minimum Gasteiger partial charge on any atom is -0.395 e. The van der Waals surface area contributed by atoms with Crippen LogP contribution in [0.3, 0.4) is 0 Å². The summed E-state index contributed by atoms with van der Waals surface area (Å²) in [5.41, 5.74) is 4.88. The molecule has 0 unspecified atom stereocenters. The van der Waals surface area contributed by atoms with Crippen LogP contribution >= 0.6 is 0 Å². The molecule has 4 rings (SSSR count). The minimum absolute atomic E-state index is 0.0854. The zero-order chi connectivity index (χ0) is 14.4. The third-order valence-corrected chi connectivity index (χ3v) is 4.85. The number of hydrogen-bond acceptors (Lipinski definition) is 2. The molecule has 2 nitrogen and oxygen atoms in total. The van der Waals surface area contributed by atoms with E-state index >= 15 is 0 Å². The summed E-state index contributed by atoms with van der Waals surface area (Å²) in [6.07, 6.45) is 1.75. The Labute approximate surface area is 123 Å². The molecule has 0 saturated carbocycles. The maximum atomic E-state index is 13.7. The molecule has 108 valence electrons. The van der Waals surface area contributed by atoms with E-state index in [1.807, 2.05) is 6.07 Å². The molecule has 2 aromatic rings. The summed E-state index contributed by atoms with van der Waals surface area (Å²) >= 11 is 0. The van der Waals surface area contributed by atoms with E-state index in [9.17, 15) is 9.50 Å². The molecule has 1 aliphatic heterocycles. The highest BCUT2D eigenvalue weighted by Gasteiger charge is 2.38. The second kappa shape index (κ2) is 4.93. The maximum Gasteiger partial charge on any atom is 0.123 e. The summed E-state index contributed by atoms with van der Waals surface area (Å²) in [5.74, 6) is 0.120. The molecule has 2 N–H and O–H groups in total. The summed E-state index contributed by atoms with van der Waals surface area (Å²) < 4.78 is 13.7. The van der Waals surface area contributed by atoms with E-state index in [1.165, 1.54) is 16.7 Å². The Morgan fingerprint density at radius 1 is 1.10 bits per heavy atom. The van der Waals surface area contributed by atoms with Gasteiger partial charge in [-0.05, 0) is 47.2 Å². The van der Waals surface area contributed by atoms with Gasteiger partial charge in [0.25, 0.3) is 0 Å². The van der Waals surface area contributed by atoms with Crippen LogP contribution in [0.15, 0.2) is 42.5 Å². The number of aliphatic hydroxyl groups is 1. The van der Waals surface area contributed by atoms with Gasteiger partial charge in [0.05, 0.1) is 6.61 Å². The van der Waals surface area contributed by atoms with Crippen LogP contribution in [0.25, 0.3) is 0 Å². The SMILES string of the molecule is OC[C@H]1C[C@@H]2c3ccccc3Cc3ccc(F)cc3[C@H]2N1. The van der Waals surface area contributed by atoms with E-state index in [2.05, 4.69) is 29.6 Å². The third kappa shape index (κ3) is 2.08. The van der Waals surface area contributed by atoms with Crippen LogP contribution in [0.1, 0.15) is 40.6 Å². The van der Waals surface area contributed by atoms with Gasteiger partial charge < -0.3 is 10.4 Å². The van der Waals surface area contributed by atoms with E-state index in [1.54, 1.807) is 12.1 Å². The molecular formula is C18H18FNO. The van der Waals surface area contributed by atoms with Crippen molar-refractivity contribution < 1.29 is 9.50 Å². The first-order chi connectivity index (χ1) is 10.3. The van der Waals surface area contributed by atoms with Crippen molar-refractivity contribution in [3.8, 4) is 0 Å². The highest BCUT2D eigenvalue weighted by atomic mass is 19.1. The van der Waals surface area contributed by atoms with Gasteiger partial charge in [-0.15, -0.1) is 0 Å². The number of fused-ring (bicyclic) bond motifs is 5. The lowest BCUT2D eigenvalue weighted by molar-refractivity contribution is 0.251. The van der Waals surface area contributed by atoms with Crippen molar-refractivity contribution in [2.45, 2.75) is 30.8 Å². The largest absolute Gasteiger partial charge is 0.395 e. The van der Waals surface area contributed by atoms with Crippen LogP contribution in [0.4, 0.5) is 4.39 Å². The van der Waals surface area contributed by atoms with Crippen LogP contribution < -0.4 is 5.32 Å². The molecular weight excluding hydrogens is 265 g/mol. The molecule has 0 amide bonds. The molecule has 0 radical (unpaired) electrons. The second-order valence-electron chi connectivity index (χ2n) is 6.08. The van der Waals surface area contributed by atoms with Gasteiger partial charge in [0.2, 0.25) is 0 Å². The van der Waals surface area contributed by atoms with Crippen molar-refractivity contribution in [3.63, 3.8) is 0 Å². The lowest BCUT2D eigenvalue weighted by atomic mass is 9.87. The number of halogens is 1. The molecule has 1 heterocycles. The van der Waals surface area contributed by atoms with Crippen LogP contribution in [0.5, 0.6) is 0 Å². The van der Waals surface area contributed by atoms with Gasteiger partial charge in [0.1, 0.15) is 5.82 Å². The Balaban J connectivity index is 1.90. The fourth-order valence-electron chi connectivity index (χ4n) is 3.90. The predicted octanol–water partition coefficient (Wildman–Crippen LogP) is 2.91. The van der Waals surface area contributed by atoms with Crippen LogP contribution in [-0.4, -0.2) is 17.8 Å². The van der Waals surface area contributed by atoms with Crippen LogP contribution in [0, 0.1) is 5.82 Å². The number of aliphatic hydroxyl groups excluding tert-OH is 1. The van der Waals surface area contributed by atoms with Crippen molar-refractivity contribution in [3.05, 3.63) is 70.5 Å². The van der Waals surface area contributed by atoms with Gasteiger partial charge in [-0.2, -0.15) is 0 Å². The smallest absolute Gasteiger partial charge is 0.123 e. The van der Waals surface area contributed by atoms with Gasteiger partial charge in [-0.1, -0.05) is 30.3 Å². The molecule has 2 aliphatic rings. The number of rotatable bonds is 1. The van der Waals surface area contributed by atoms with Crippen LogP contribution in [-0.2, 0) is 6.42 Å². The standard InChI is InChI=1S/C18H18FNO/c19-13-6-5-12-7-11-3-1-2-4-15(11)17-9-14(10-21)20-18(17)16(12)8-13/h1-6,8,14,17-18,20-21H,7,9-10H2/t14-,17-,18-/m1/s1. The van der Waals surface area contributed by atoms with Gasteiger partial charge >= 0.3 is 0 Å². The molecule has 1 saturated heterocycles. The Morgan fingerprint density at radius 2 is 1.90 bits per heavy atom. The van der Waals surface area contributed by atoms with Gasteiger partial charge in [-0.25, -0.2) is 4.39 Å². The molecule has 0 aromatic heterocycles. The fourth-order valence-corrected chi connectivity index (χ4v) is 3.90. The van der Waals surface area contributed by atoms with Crippen molar-refractivity contribution >= 4 is 0 Å². The number of nitrogens with one attached hydrogen (secondary N) is 1. The zero-order valence-corrected chi connectivity index (χ0v) is 11.7. The Hall–Kier alpha value is -1.71. The van der Waals surface area contributed by atoms with E-state index < -0.39 is 0 Å². The molecule has 1 fully saturated rings. The Kier molecular flexibility index (Phi) is 3.05. The monoisotopic (exact) mass is 283 g/mol. The summed E-state index contributed by atoms with van der Waals surface area (Å²) in [6.45, 7) is 0.125. The molecule has 0 spiro atoms. The van der Waals surface area contributed by atoms with Crippen molar-refractivity contribution in [1.29, 1.82) is 0 Å². The molecule has 2 aromatic carbocycles. The first kappa shape index (κ1) is 13.0. The van der Waals surface area contributed by atoms with Gasteiger partial charge in [0.15, 0.2) is 0 Å². The quantitative estimate of drug-likeness (QED) is 0.843. The Morgan fingerprint density at radius 3 is 2.76 bits per heavy atom. The highest BCUT2D eigenvalue weighted by molar-refractivity contribution is 5.46. The first-order valence-electron chi connectivity index (χ1n) is 7.49. The summed E-state index contributed by atoms with van der Waals surface area (Å²) in [5, 5.41) is 13.0. The molecule has 0 bridgehead atoms.